The molecule has 3 aromatic carbocycles. The molecule has 1 N–H and O–H groups in total. The number of ether oxygens (including phenoxy) is 2. The van der Waals surface area contributed by atoms with E-state index in [0.29, 0.717) is 18.1 Å². The van der Waals surface area contributed by atoms with Crippen LogP contribution in [0.1, 0.15) is 37.9 Å². The minimum absolute atomic E-state index is 0.219. The lowest BCUT2D eigenvalue weighted by Crippen LogP contribution is -2.29. The van der Waals surface area contributed by atoms with E-state index in [9.17, 15) is 4.79 Å². The van der Waals surface area contributed by atoms with Gasteiger partial charge >= 0.3 is 5.97 Å². The van der Waals surface area contributed by atoms with Crippen molar-refractivity contribution in [3.8, 4) is 5.75 Å². The summed E-state index contributed by atoms with van der Waals surface area (Å²) in [5, 5.41) is 3.31. The highest BCUT2D eigenvalue weighted by atomic mass is 16.5. The van der Waals surface area contributed by atoms with Gasteiger partial charge in [-0.1, -0.05) is 54.6 Å². The summed E-state index contributed by atoms with van der Waals surface area (Å²) in [6.45, 7) is 6.10. The van der Waals surface area contributed by atoms with Crippen LogP contribution in [0, 0.1) is 0 Å². The van der Waals surface area contributed by atoms with Crippen LogP contribution in [0.15, 0.2) is 90.1 Å². The molecule has 5 rings (SSSR count). The number of para-hydroxylation sites is 2. The van der Waals surface area contributed by atoms with Gasteiger partial charge < -0.3 is 14.8 Å². The average molecular weight is 454 g/mol. The third kappa shape index (κ3) is 4.15. The number of aromatic nitrogens is 2. The molecule has 6 nitrogen and oxygen atoms in total. The normalized spacial score (nSPS) is 15.2. The minimum Gasteiger partial charge on any atom is -0.489 e. The zero-order valence-corrected chi connectivity index (χ0v) is 19.5. The molecule has 0 radical (unpaired) electrons. The van der Waals surface area contributed by atoms with Crippen LogP contribution in [-0.2, 0) is 16.1 Å². The van der Waals surface area contributed by atoms with Crippen molar-refractivity contribution in [2.75, 3.05) is 5.32 Å². The number of anilines is 1. The van der Waals surface area contributed by atoms with Gasteiger partial charge in [0.2, 0.25) is 5.95 Å². The molecule has 2 heterocycles. The molecule has 0 saturated heterocycles. The number of nitrogens with zero attached hydrogens (tertiary/aromatic N) is 2. The Morgan fingerprint density at radius 3 is 2.44 bits per heavy atom. The maximum absolute atomic E-state index is 13.2. The number of esters is 1. The summed E-state index contributed by atoms with van der Waals surface area (Å²) < 4.78 is 13.7. The number of imidazole rings is 1. The molecule has 0 bridgehead atoms. The molecule has 0 fully saturated rings. The summed E-state index contributed by atoms with van der Waals surface area (Å²) >= 11 is 0. The van der Waals surface area contributed by atoms with Gasteiger partial charge in [0, 0.05) is 5.70 Å². The molecule has 1 atom stereocenters. The molecule has 6 heteroatoms. The first kappa shape index (κ1) is 21.8. The summed E-state index contributed by atoms with van der Waals surface area (Å²) in [6, 6.07) is 25.5. The number of carbonyl (C=O) groups is 1. The number of carbonyl (C=O) groups excluding carboxylic acids is 1. The second kappa shape index (κ2) is 9.06. The van der Waals surface area contributed by atoms with Crippen LogP contribution in [-0.4, -0.2) is 21.6 Å². The molecule has 0 saturated carbocycles. The van der Waals surface area contributed by atoms with Crippen molar-refractivity contribution in [2.45, 2.75) is 39.5 Å². The molecule has 172 valence electrons. The Morgan fingerprint density at radius 2 is 1.71 bits per heavy atom. The molecule has 0 spiro atoms. The van der Waals surface area contributed by atoms with Crippen LogP contribution >= 0.6 is 0 Å². The number of hydrogen-bond acceptors (Lipinski definition) is 5. The maximum atomic E-state index is 13.2. The van der Waals surface area contributed by atoms with E-state index >= 15 is 0 Å². The quantitative estimate of drug-likeness (QED) is 0.371. The lowest BCUT2D eigenvalue weighted by molar-refractivity contribution is -0.143. The maximum Gasteiger partial charge on any atom is 0.338 e. The van der Waals surface area contributed by atoms with Gasteiger partial charge in [0.15, 0.2) is 0 Å². The van der Waals surface area contributed by atoms with E-state index in [2.05, 4.69) is 9.88 Å². The fourth-order valence-electron chi connectivity index (χ4n) is 4.31. The first-order chi connectivity index (χ1) is 16.5. The van der Waals surface area contributed by atoms with Crippen molar-refractivity contribution in [2.24, 2.45) is 0 Å². The Morgan fingerprint density at radius 1 is 1.00 bits per heavy atom. The summed E-state index contributed by atoms with van der Waals surface area (Å²) in [6.07, 6.45) is -0.219. The lowest BCUT2D eigenvalue weighted by atomic mass is 9.95. The highest BCUT2D eigenvalue weighted by Gasteiger charge is 2.35. The van der Waals surface area contributed by atoms with E-state index in [1.165, 1.54) is 0 Å². The largest absolute Gasteiger partial charge is 0.489 e. The molecule has 1 aromatic heterocycles. The van der Waals surface area contributed by atoms with E-state index < -0.39 is 0 Å². The number of benzene rings is 3. The van der Waals surface area contributed by atoms with Crippen molar-refractivity contribution in [3.05, 3.63) is 101 Å². The van der Waals surface area contributed by atoms with Gasteiger partial charge in [-0.2, -0.15) is 0 Å². The Bertz CT molecular complexity index is 1350. The smallest absolute Gasteiger partial charge is 0.338 e. The van der Waals surface area contributed by atoms with Gasteiger partial charge in [0.1, 0.15) is 12.4 Å². The molecule has 1 unspecified atom stereocenters. The van der Waals surface area contributed by atoms with Crippen LogP contribution in [0.5, 0.6) is 5.75 Å². The summed E-state index contributed by atoms with van der Waals surface area (Å²) in [4.78, 5) is 18.0. The molecule has 4 aromatic rings. The fourth-order valence-corrected chi connectivity index (χ4v) is 4.31. The summed E-state index contributed by atoms with van der Waals surface area (Å²) in [5.41, 5.74) is 5.18. The van der Waals surface area contributed by atoms with Crippen LogP contribution < -0.4 is 10.1 Å². The third-order valence-corrected chi connectivity index (χ3v) is 5.84. The monoisotopic (exact) mass is 453 g/mol. The van der Waals surface area contributed by atoms with E-state index in [1.807, 2.05) is 99.6 Å². The topological polar surface area (TPSA) is 65.4 Å². The van der Waals surface area contributed by atoms with Crippen molar-refractivity contribution in [1.82, 2.24) is 9.55 Å². The van der Waals surface area contributed by atoms with E-state index in [1.54, 1.807) is 0 Å². The van der Waals surface area contributed by atoms with E-state index in [4.69, 9.17) is 14.5 Å². The van der Waals surface area contributed by atoms with Crippen LogP contribution in [0.4, 0.5) is 5.95 Å². The van der Waals surface area contributed by atoms with Crippen LogP contribution in [0.25, 0.3) is 11.0 Å². The Kier molecular flexibility index (Phi) is 5.80. The predicted molar refractivity (Wildman–Crippen MR) is 133 cm³/mol. The Hall–Kier alpha value is -4.06. The Labute approximate surface area is 198 Å². The number of rotatable bonds is 6. The lowest BCUT2D eigenvalue weighted by Gasteiger charge is -2.30. The standard InChI is InChI=1S/C28H27N3O3/c1-18(2)34-27(32)25-19(3)29-28-30-23-11-7-8-12-24(23)31(28)26(25)21-13-15-22(16-14-21)33-17-20-9-5-4-6-10-20/h4-16,18,26H,17H2,1-3H3,(H,29,30). The van der Waals surface area contributed by atoms with Gasteiger partial charge in [-0.15, -0.1) is 0 Å². The molecule has 1 aliphatic heterocycles. The van der Waals surface area contributed by atoms with Crippen LogP contribution in [0.3, 0.4) is 0 Å². The fraction of sp³-hybridized carbons (Fsp3) is 0.214. The van der Waals surface area contributed by atoms with Crippen LogP contribution in [0.2, 0.25) is 0 Å². The highest BCUT2D eigenvalue weighted by Crippen LogP contribution is 2.40. The molecular weight excluding hydrogens is 426 g/mol. The summed E-state index contributed by atoms with van der Waals surface area (Å²) in [7, 11) is 0. The average Bonchev–Trinajstić information content (AvgIpc) is 3.20. The molecular formula is C28H27N3O3. The van der Waals surface area contributed by atoms with Crippen molar-refractivity contribution >= 4 is 23.0 Å². The second-order valence-corrected chi connectivity index (χ2v) is 8.66. The number of hydrogen-bond donors (Lipinski definition) is 1. The number of allylic oxidation sites excluding steroid dienone is 1. The summed E-state index contributed by atoms with van der Waals surface area (Å²) in [5.74, 6) is 1.14. The van der Waals surface area contributed by atoms with E-state index in [-0.39, 0.29) is 18.1 Å². The molecule has 1 aliphatic rings. The second-order valence-electron chi connectivity index (χ2n) is 8.66. The van der Waals surface area contributed by atoms with Crippen molar-refractivity contribution in [1.29, 1.82) is 0 Å². The third-order valence-electron chi connectivity index (χ3n) is 5.84. The van der Waals surface area contributed by atoms with Crippen molar-refractivity contribution in [3.63, 3.8) is 0 Å². The Balaban J connectivity index is 1.53. The number of nitrogens with one attached hydrogen (secondary N) is 1. The van der Waals surface area contributed by atoms with Gasteiger partial charge in [-0.3, -0.25) is 4.57 Å². The first-order valence-corrected chi connectivity index (χ1v) is 11.4. The highest BCUT2D eigenvalue weighted by molar-refractivity contribution is 5.94. The zero-order chi connectivity index (χ0) is 23.7. The van der Waals surface area contributed by atoms with Gasteiger partial charge in [0.05, 0.1) is 28.8 Å². The van der Waals surface area contributed by atoms with Gasteiger partial charge in [-0.25, -0.2) is 9.78 Å². The molecule has 0 aliphatic carbocycles. The number of fused-ring (bicyclic) bond motifs is 3. The molecule has 34 heavy (non-hydrogen) atoms. The first-order valence-electron chi connectivity index (χ1n) is 11.4. The van der Waals surface area contributed by atoms with E-state index in [0.717, 1.165) is 33.6 Å². The van der Waals surface area contributed by atoms with Crippen molar-refractivity contribution < 1.29 is 14.3 Å². The van der Waals surface area contributed by atoms with Gasteiger partial charge in [-0.05, 0) is 56.2 Å². The molecule has 0 amide bonds. The predicted octanol–water partition coefficient (Wildman–Crippen LogP) is 5.86. The zero-order valence-electron chi connectivity index (χ0n) is 19.5. The minimum atomic E-state index is -0.377. The SMILES string of the molecule is CC1=C(C(=O)OC(C)C)C(c2ccc(OCc3ccccc3)cc2)n2c(nc3ccccc32)N1. The van der Waals surface area contributed by atoms with Gasteiger partial charge in [0.25, 0.3) is 0 Å².